The lowest BCUT2D eigenvalue weighted by atomic mass is 10.1. The summed E-state index contributed by atoms with van der Waals surface area (Å²) in [5, 5.41) is 0.756. The molecule has 15 heavy (non-hydrogen) atoms. The molecular formula is C11H16ClN3. The maximum Gasteiger partial charge on any atom is 0.0851 e. The first kappa shape index (κ1) is 10.7. The Labute approximate surface area is 95.2 Å². The lowest BCUT2D eigenvalue weighted by Gasteiger charge is -2.33. The molecule has 0 aliphatic carbocycles. The van der Waals surface area contributed by atoms with Crippen molar-refractivity contribution in [3.63, 3.8) is 0 Å². The van der Waals surface area contributed by atoms with Crippen LogP contribution in [-0.4, -0.2) is 24.1 Å². The van der Waals surface area contributed by atoms with Crippen LogP contribution in [0.15, 0.2) is 12.3 Å². The highest BCUT2D eigenvalue weighted by molar-refractivity contribution is 6.33. The highest BCUT2D eigenvalue weighted by Crippen LogP contribution is 2.29. The number of hydrogen-bond donors (Lipinski definition) is 1. The van der Waals surface area contributed by atoms with Gasteiger partial charge in [-0.2, -0.15) is 0 Å². The van der Waals surface area contributed by atoms with Gasteiger partial charge in [0.25, 0.3) is 0 Å². The summed E-state index contributed by atoms with van der Waals surface area (Å²) in [5.74, 6) is 0. The van der Waals surface area contributed by atoms with Gasteiger partial charge in [0, 0.05) is 25.3 Å². The van der Waals surface area contributed by atoms with Crippen molar-refractivity contribution in [1.29, 1.82) is 0 Å². The van der Waals surface area contributed by atoms with Crippen molar-refractivity contribution in [2.24, 2.45) is 5.73 Å². The molecule has 1 saturated heterocycles. The number of pyridine rings is 1. The standard InChI is InChI=1S/C11H16ClN3/c1-8-11(12)10(4-5-14-8)15-6-2-3-9(13)7-15/h4-5,9H,2-3,6-7,13H2,1H3/t9-/m1/s1. The molecule has 3 nitrogen and oxygen atoms in total. The predicted octanol–water partition coefficient (Wildman–Crippen LogP) is 1.97. The van der Waals surface area contributed by atoms with E-state index < -0.39 is 0 Å². The third kappa shape index (κ3) is 2.24. The van der Waals surface area contributed by atoms with E-state index in [1.165, 1.54) is 0 Å². The third-order valence-corrected chi connectivity index (χ3v) is 3.31. The molecule has 0 aromatic carbocycles. The van der Waals surface area contributed by atoms with Crippen LogP contribution in [0.2, 0.25) is 5.02 Å². The minimum Gasteiger partial charge on any atom is -0.369 e. The smallest absolute Gasteiger partial charge is 0.0851 e. The van der Waals surface area contributed by atoms with Crippen molar-refractivity contribution in [2.45, 2.75) is 25.8 Å². The van der Waals surface area contributed by atoms with Crippen molar-refractivity contribution in [1.82, 2.24) is 4.98 Å². The van der Waals surface area contributed by atoms with Crippen LogP contribution in [0, 0.1) is 6.92 Å². The molecule has 2 N–H and O–H groups in total. The number of piperidine rings is 1. The third-order valence-electron chi connectivity index (χ3n) is 2.84. The van der Waals surface area contributed by atoms with E-state index in [-0.39, 0.29) is 6.04 Å². The molecule has 82 valence electrons. The fourth-order valence-corrected chi connectivity index (χ4v) is 2.24. The zero-order valence-corrected chi connectivity index (χ0v) is 9.67. The number of rotatable bonds is 1. The van der Waals surface area contributed by atoms with E-state index in [0.717, 1.165) is 42.3 Å². The van der Waals surface area contributed by atoms with Crippen LogP contribution in [0.4, 0.5) is 5.69 Å². The first-order chi connectivity index (χ1) is 7.18. The molecule has 0 unspecified atom stereocenters. The minimum absolute atomic E-state index is 0.267. The number of anilines is 1. The first-order valence-corrected chi connectivity index (χ1v) is 5.68. The Bertz CT molecular complexity index is 354. The van der Waals surface area contributed by atoms with E-state index in [2.05, 4.69) is 9.88 Å². The summed E-state index contributed by atoms with van der Waals surface area (Å²) in [4.78, 5) is 6.42. The summed E-state index contributed by atoms with van der Waals surface area (Å²) >= 11 is 6.23. The number of aryl methyl sites for hydroxylation is 1. The van der Waals surface area contributed by atoms with Gasteiger partial charge in [0.15, 0.2) is 0 Å². The van der Waals surface area contributed by atoms with Crippen molar-refractivity contribution in [3.8, 4) is 0 Å². The van der Waals surface area contributed by atoms with Crippen LogP contribution in [0.5, 0.6) is 0 Å². The summed E-state index contributed by atoms with van der Waals surface area (Å²) in [6, 6.07) is 2.23. The molecule has 2 heterocycles. The van der Waals surface area contributed by atoms with E-state index in [9.17, 15) is 0 Å². The summed E-state index contributed by atoms with van der Waals surface area (Å²) < 4.78 is 0. The quantitative estimate of drug-likeness (QED) is 0.795. The molecule has 1 aliphatic rings. The van der Waals surface area contributed by atoms with Crippen LogP contribution in [0.25, 0.3) is 0 Å². The topological polar surface area (TPSA) is 42.2 Å². The number of halogens is 1. The number of nitrogens with zero attached hydrogens (tertiary/aromatic N) is 2. The Balaban J connectivity index is 2.24. The van der Waals surface area contributed by atoms with Gasteiger partial charge >= 0.3 is 0 Å². The molecule has 1 fully saturated rings. The van der Waals surface area contributed by atoms with Crippen molar-refractivity contribution < 1.29 is 0 Å². The van der Waals surface area contributed by atoms with Crippen LogP contribution in [0.1, 0.15) is 18.5 Å². The van der Waals surface area contributed by atoms with Crippen LogP contribution >= 0.6 is 11.6 Å². The minimum atomic E-state index is 0.267. The van der Waals surface area contributed by atoms with Gasteiger partial charge in [-0.05, 0) is 25.8 Å². The molecule has 0 saturated carbocycles. The van der Waals surface area contributed by atoms with Crippen molar-refractivity contribution >= 4 is 17.3 Å². The Morgan fingerprint density at radius 3 is 3.13 bits per heavy atom. The molecule has 1 aromatic rings. The largest absolute Gasteiger partial charge is 0.369 e. The Morgan fingerprint density at radius 1 is 1.60 bits per heavy atom. The molecule has 1 atom stereocenters. The molecule has 1 aliphatic heterocycles. The molecular weight excluding hydrogens is 210 g/mol. The fraction of sp³-hybridized carbons (Fsp3) is 0.545. The molecule has 0 bridgehead atoms. The summed E-state index contributed by atoms with van der Waals surface area (Å²) in [6.07, 6.45) is 4.05. The van der Waals surface area contributed by atoms with Gasteiger partial charge in [0.1, 0.15) is 0 Å². The first-order valence-electron chi connectivity index (χ1n) is 5.30. The van der Waals surface area contributed by atoms with E-state index in [0.29, 0.717) is 0 Å². The average Bonchev–Trinajstić information content (AvgIpc) is 2.22. The second-order valence-corrected chi connectivity index (χ2v) is 4.46. The SMILES string of the molecule is Cc1nccc(N2CCC[C@@H](N)C2)c1Cl. The molecule has 0 radical (unpaired) electrons. The van der Waals surface area contributed by atoms with E-state index in [1.54, 1.807) is 6.20 Å². The van der Waals surface area contributed by atoms with Crippen LogP contribution in [0.3, 0.4) is 0 Å². The zero-order chi connectivity index (χ0) is 10.8. The lowest BCUT2D eigenvalue weighted by molar-refractivity contribution is 0.506. The normalized spacial score (nSPS) is 21.8. The molecule has 0 spiro atoms. The molecule has 2 rings (SSSR count). The van der Waals surface area contributed by atoms with Crippen molar-refractivity contribution in [2.75, 3.05) is 18.0 Å². The van der Waals surface area contributed by atoms with E-state index in [1.807, 2.05) is 13.0 Å². The maximum absolute atomic E-state index is 6.23. The monoisotopic (exact) mass is 225 g/mol. The van der Waals surface area contributed by atoms with Gasteiger partial charge in [0.2, 0.25) is 0 Å². The number of hydrogen-bond acceptors (Lipinski definition) is 3. The van der Waals surface area contributed by atoms with Crippen LogP contribution in [-0.2, 0) is 0 Å². The Hall–Kier alpha value is -0.800. The van der Waals surface area contributed by atoms with Gasteiger partial charge in [-0.3, -0.25) is 4.98 Å². The predicted molar refractivity (Wildman–Crippen MR) is 63.4 cm³/mol. The number of nitrogens with two attached hydrogens (primary N) is 1. The van der Waals surface area contributed by atoms with Gasteiger partial charge in [-0.25, -0.2) is 0 Å². The average molecular weight is 226 g/mol. The Kier molecular flexibility index (Phi) is 3.12. The molecule has 0 amide bonds. The molecule has 4 heteroatoms. The lowest BCUT2D eigenvalue weighted by Crippen LogP contribution is -2.43. The maximum atomic E-state index is 6.23. The van der Waals surface area contributed by atoms with E-state index >= 15 is 0 Å². The molecule has 1 aromatic heterocycles. The highest BCUT2D eigenvalue weighted by atomic mass is 35.5. The fourth-order valence-electron chi connectivity index (χ4n) is 2.01. The van der Waals surface area contributed by atoms with Crippen molar-refractivity contribution in [3.05, 3.63) is 23.0 Å². The van der Waals surface area contributed by atoms with Gasteiger partial charge in [-0.15, -0.1) is 0 Å². The van der Waals surface area contributed by atoms with Crippen LogP contribution < -0.4 is 10.6 Å². The van der Waals surface area contributed by atoms with Gasteiger partial charge in [-0.1, -0.05) is 11.6 Å². The van der Waals surface area contributed by atoms with Gasteiger partial charge in [0.05, 0.1) is 16.4 Å². The summed E-state index contributed by atoms with van der Waals surface area (Å²) in [7, 11) is 0. The summed E-state index contributed by atoms with van der Waals surface area (Å²) in [6.45, 7) is 3.86. The second-order valence-electron chi connectivity index (χ2n) is 4.08. The van der Waals surface area contributed by atoms with E-state index in [4.69, 9.17) is 17.3 Å². The van der Waals surface area contributed by atoms with Gasteiger partial charge < -0.3 is 10.6 Å². The zero-order valence-electron chi connectivity index (χ0n) is 8.91. The number of aromatic nitrogens is 1. The highest BCUT2D eigenvalue weighted by Gasteiger charge is 2.19. The summed E-state index contributed by atoms with van der Waals surface area (Å²) in [5.41, 5.74) is 7.90. The Morgan fingerprint density at radius 2 is 2.40 bits per heavy atom. The second kappa shape index (κ2) is 4.37.